The van der Waals surface area contributed by atoms with Crippen molar-refractivity contribution in [2.75, 3.05) is 58.6 Å². The van der Waals surface area contributed by atoms with Gasteiger partial charge in [0.15, 0.2) is 18.1 Å². The molecule has 0 unspecified atom stereocenters. The molecular formula is C22H24N2O9S. The number of methoxy groups -OCH3 is 1. The van der Waals surface area contributed by atoms with E-state index in [0.717, 1.165) is 0 Å². The number of ether oxygens (including phenoxy) is 5. The van der Waals surface area contributed by atoms with E-state index in [1.165, 1.54) is 47.8 Å². The summed E-state index contributed by atoms with van der Waals surface area (Å²) < 4.78 is 53.2. The Morgan fingerprint density at radius 1 is 1.03 bits per heavy atom. The fourth-order valence-corrected chi connectivity index (χ4v) is 4.86. The third-order valence-electron chi connectivity index (χ3n) is 5.14. The van der Waals surface area contributed by atoms with Crippen LogP contribution in [-0.4, -0.2) is 77.8 Å². The maximum atomic E-state index is 12.7. The van der Waals surface area contributed by atoms with E-state index in [2.05, 4.69) is 5.32 Å². The highest BCUT2D eigenvalue weighted by Crippen LogP contribution is 2.40. The van der Waals surface area contributed by atoms with Crippen LogP contribution in [0.3, 0.4) is 0 Å². The van der Waals surface area contributed by atoms with Gasteiger partial charge >= 0.3 is 5.97 Å². The van der Waals surface area contributed by atoms with Gasteiger partial charge in [0, 0.05) is 18.8 Å². The number of hydrogen-bond acceptors (Lipinski definition) is 9. The number of hydrogen-bond donors (Lipinski definition) is 1. The number of nitrogens with one attached hydrogen (secondary N) is 1. The Morgan fingerprint density at radius 3 is 2.44 bits per heavy atom. The standard InChI is InChI=1S/C22H24N2O9S/c1-29-18-12-15(13-19-21(18)32-11-10-31-19)22(26)33-14-20(25)23-16-2-4-17(5-3-16)34(27,28)24-6-8-30-9-7-24/h2-5,12-13H,6-11,14H2,1H3,(H,23,25). The maximum absolute atomic E-state index is 12.7. The van der Waals surface area contributed by atoms with Crippen molar-refractivity contribution < 1.29 is 41.7 Å². The van der Waals surface area contributed by atoms with Crippen LogP contribution in [-0.2, 0) is 24.3 Å². The van der Waals surface area contributed by atoms with Crippen molar-refractivity contribution in [1.29, 1.82) is 0 Å². The zero-order valence-corrected chi connectivity index (χ0v) is 19.3. The molecule has 0 bridgehead atoms. The van der Waals surface area contributed by atoms with Gasteiger partial charge in [0.2, 0.25) is 15.8 Å². The van der Waals surface area contributed by atoms with E-state index in [1.54, 1.807) is 0 Å². The Labute approximate surface area is 196 Å². The normalized spacial score (nSPS) is 15.9. The van der Waals surface area contributed by atoms with Gasteiger partial charge in [-0.3, -0.25) is 4.79 Å². The highest BCUT2D eigenvalue weighted by Gasteiger charge is 2.26. The van der Waals surface area contributed by atoms with Gasteiger partial charge in [0.1, 0.15) is 13.2 Å². The molecule has 2 aliphatic heterocycles. The van der Waals surface area contributed by atoms with Crippen molar-refractivity contribution in [2.45, 2.75) is 4.90 Å². The third-order valence-corrected chi connectivity index (χ3v) is 7.06. The van der Waals surface area contributed by atoms with Crippen LogP contribution in [0, 0.1) is 0 Å². The van der Waals surface area contributed by atoms with Crippen LogP contribution in [0.5, 0.6) is 17.2 Å². The first-order valence-corrected chi connectivity index (χ1v) is 11.9. The number of benzene rings is 2. The number of carbonyl (C=O) groups is 2. The Morgan fingerprint density at radius 2 is 1.74 bits per heavy atom. The highest BCUT2D eigenvalue weighted by atomic mass is 32.2. The van der Waals surface area contributed by atoms with Crippen LogP contribution >= 0.6 is 0 Å². The first-order valence-electron chi connectivity index (χ1n) is 10.5. The summed E-state index contributed by atoms with van der Waals surface area (Å²) in [7, 11) is -2.19. The van der Waals surface area contributed by atoms with Gasteiger partial charge in [-0.05, 0) is 36.4 Å². The summed E-state index contributed by atoms with van der Waals surface area (Å²) in [6.07, 6.45) is 0. The molecule has 0 atom stereocenters. The molecule has 2 aromatic carbocycles. The predicted molar refractivity (Wildman–Crippen MR) is 119 cm³/mol. The average molecular weight is 493 g/mol. The van der Waals surface area contributed by atoms with Gasteiger partial charge in [-0.15, -0.1) is 0 Å². The lowest BCUT2D eigenvalue weighted by molar-refractivity contribution is -0.119. The summed E-state index contributed by atoms with van der Waals surface area (Å²) in [5.41, 5.74) is 0.509. The van der Waals surface area contributed by atoms with Crippen molar-refractivity contribution in [3.05, 3.63) is 42.0 Å². The molecule has 34 heavy (non-hydrogen) atoms. The van der Waals surface area contributed by atoms with Crippen molar-refractivity contribution in [2.24, 2.45) is 0 Å². The number of esters is 1. The summed E-state index contributed by atoms with van der Waals surface area (Å²) in [6, 6.07) is 8.67. The minimum absolute atomic E-state index is 0.117. The summed E-state index contributed by atoms with van der Waals surface area (Å²) in [6.45, 7) is 1.46. The van der Waals surface area contributed by atoms with Crippen LogP contribution < -0.4 is 19.5 Å². The highest BCUT2D eigenvalue weighted by molar-refractivity contribution is 7.89. The zero-order valence-electron chi connectivity index (χ0n) is 18.4. The second kappa shape index (κ2) is 10.3. The summed E-state index contributed by atoms with van der Waals surface area (Å²) in [5.74, 6) is -0.240. The Balaban J connectivity index is 1.34. The van der Waals surface area contributed by atoms with Crippen molar-refractivity contribution in [1.82, 2.24) is 4.31 Å². The smallest absolute Gasteiger partial charge is 0.338 e. The van der Waals surface area contributed by atoms with Gasteiger partial charge in [0.25, 0.3) is 5.91 Å². The fourth-order valence-electron chi connectivity index (χ4n) is 3.45. The van der Waals surface area contributed by atoms with E-state index in [1.807, 2.05) is 0 Å². The van der Waals surface area contributed by atoms with Crippen LogP contribution in [0.1, 0.15) is 10.4 Å². The molecule has 182 valence electrons. The maximum Gasteiger partial charge on any atom is 0.338 e. The number of rotatable bonds is 7. The molecule has 0 radical (unpaired) electrons. The first-order chi connectivity index (χ1) is 16.4. The lowest BCUT2D eigenvalue weighted by Crippen LogP contribution is -2.40. The van der Waals surface area contributed by atoms with Crippen LogP contribution in [0.25, 0.3) is 0 Å². The summed E-state index contributed by atoms with van der Waals surface area (Å²) in [5, 5.41) is 2.57. The fraction of sp³-hybridized carbons (Fsp3) is 0.364. The first kappa shape index (κ1) is 23.8. The van der Waals surface area contributed by atoms with Crippen LogP contribution in [0.2, 0.25) is 0 Å². The molecule has 0 aromatic heterocycles. The number of nitrogens with zero attached hydrogens (tertiary/aromatic N) is 1. The SMILES string of the molecule is COc1cc(C(=O)OCC(=O)Nc2ccc(S(=O)(=O)N3CCOCC3)cc2)cc2c1OCCO2. The van der Waals surface area contributed by atoms with Gasteiger partial charge in [0.05, 0.1) is 30.8 Å². The van der Waals surface area contributed by atoms with E-state index < -0.39 is 28.5 Å². The molecule has 2 heterocycles. The molecule has 2 aliphatic rings. The molecular weight excluding hydrogens is 468 g/mol. The lowest BCUT2D eigenvalue weighted by atomic mass is 10.1. The predicted octanol–water partition coefficient (Wildman–Crippen LogP) is 1.28. The molecule has 1 saturated heterocycles. The largest absolute Gasteiger partial charge is 0.493 e. The Kier molecular flexibility index (Phi) is 7.20. The number of fused-ring (bicyclic) bond motifs is 1. The number of morpholine rings is 1. The van der Waals surface area contributed by atoms with Gasteiger partial charge < -0.3 is 29.0 Å². The lowest BCUT2D eigenvalue weighted by Gasteiger charge is -2.26. The molecule has 4 rings (SSSR count). The van der Waals surface area contributed by atoms with Crippen molar-refractivity contribution in [3.63, 3.8) is 0 Å². The minimum Gasteiger partial charge on any atom is -0.493 e. The van der Waals surface area contributed by atoms with E-state index in [0.29, 0.717) is 62.5 Å². The summed E-state index contributed by atoms with van der Waals surface area (Å²) in [4.78, 5) is 24.8. The van der Waals surface area contributed by atoms with E-state index in [4.69, 9.17) is 23.7 Å². The molecule has 0 spiro atoms. The van der Waals surface area contributed by atoms with Gasteiger partial charge in [-0.25, -0.2) is 13.2 Å². The topological polar surface area (TPSA) is 130 Å². The van der Waals surface area contributed by atoms with E-state index in [9.17, 15) is 18.0 Å². The summed E-state index contributed by atoms with van der Waals surface area (Å²) >= 11 is 0. The minimum atomic E-state index is -3.63. The molecule has 0 aliphatic carbocycles. The van der Waals surface area contributed by atoms with E-state index in [-0.39, 0.29) is 10.5 Å². The zero-order chi connectivity index (χ0) is 24.1. The number of anilines is 1. The number of amides is 1. The monoisotopic (exact) mass is 492 g/mol. The second-order valence-corrected chi connectivity index (χ2v) is 9.31. The molecule has 11 nitrogen and oxygen atoms in total. The molecule has 1 amide bonds. The van der Waals surface area contributed by atoms with Crippen LogP contribution in [0.4, 0.5) is 5.69 Å². The molecule has 0 saturated carbocycles. The van der Waals surface area contributed by atoms with Crippen molar-refractivity contribution >= 4 is 27.6 Å². The Hall–Kier alpha value is -3.35. The van der Waals surface area contributed by atoms with E-state index >= 15 is 0 Å². The molecule has 12 heteroatoms. The van der Waals surface area contributed by atoms with Crippen molar-refractivity contribution in [3.8, 4) is 17.2 Å². The number of sulfonamides is 1. The quantitative estimate of drug-likeness (QED) is 0.568. The second-order valence-electron chi connectivity index (χ2n) is 7.37. The molecule has 2 aromatic rings. The van der Waals surface area contributed by atoms with Gasteiger partial charge in [-0.1, -0.05) is 0 Å². The Bertz CT molecular complexity index is 1140. The van der Waals surface area contributed by atoms with Gasteiger partial charge in [-0.2, -0.15) is 4.31 Å². The molecule has 1 fully saturated rings. The third kappa shape index (κ3) is 5.24. The molecule has 1 N–H and O–H groups in total. The van der Waals surface area contributed by atoms with Crippen LogP contribution in [0.15, 0.2) is 41.3 Å². The number of carbonyl (C=O) groups excluding carboxylic acids is 2. The average Bonchev–Trinajstić information content (AvgIpc) is 2.87.